The van der Waals surface area contributed by atoms with E-state index in [2.05, 4.69) is 53.9 Å². The third-order valence-corrected chi connectivity index (χ3v) is 4.17. The number of terminal acetylenes is 1. The van der Waals surface area contributed by atoms with E-state index in [1.165, 1.54) is 48.3 Å². The van der Waals surface area contributed by atoms with Crippen molar-refractivity contribution in [3.63, 3.8) is 0 Å². The third-order valence-electron chi connectivity index (χ3n) is 3.07. The molecule has 0 radical (unpaired) electrons. The molecule has 0 aliphatic rings. The van der Waals surface area contributed by atoms with Crippen molar-refractivity contribution in [1.82, 2.24) is 5.43 Å². The van der Waals surface area contributed by atoms with Crippen molar-refractivity contribution in [1.29, 1.82) is 0 Å². The lowest BCUT2D eigenvalue weighted by atomic mass is 10.1. The van der Waals surface area contributed by atoms with Gasteiger partial charge in [0.25, 0.3) is 0 Å². The molecule has 1 aromatic carbocycles. The van der Waals surface area contributed by atoms with Crippen molar-refractivity contribution in [2.75, 3.05) is 12.8 Å². The summed E-state index contributed by atoms with van der Waals surface area (Å²) >= 11 is 1.96. The molecule has 3 N–H and O–H groups in total. The van der Waals surface area contributed by atoms with Gasteiger partial charge in [0.05, 0.1) is 5.71 Å². The largest absolute Gasteiger partial charge is 0.360 e. The minimum Gasteiger partial charge on any atom is -0.360 e. The summed E-state index contributed by atoms with van der Waals surface area (Å²) in [6.07, 6.45) is 11.2. The molecule has 0 saturated carbocycles. The van der Waals surface area contributed by atoms with Gasteiger partial charge in [-0.25, -0.2) is 0 Å². The van der Waals surface area contributed by atoms with Crippen molar-refractivity contribution < 1.29 is 0 Å². The minimum absolute atomic E-state index is 0. The Hall–Kier alpha value is -1.60. The van der Waals surface area contributed by atoms with Crippen molar-refractivity contribution in [2.45, 2.75) is 58.3 Å². The zero-order valence-electron chi connectivity index (χ0n) is 14.1. The first-order valence-electron chi connectivity index (χ1n) is 7.80. The van der Waals surface area contributed by atoms with E-state index in [4.69, 9.17) is 0 Å². The van der Waals surface area contributed by atoms with Crippen LogP contribution in [0, 0.1) is 12.5 Å². The van der Waals surface area contributed by atoms with E-state index in [0.717, 1.165) is 5.71 Å². The molecule has 1 rings (SSSR count). The SMILES string of the molecule is C.C#CN.CCCCCCCSc1ccc(/C(C)=N/NC)cc1. The van der Waals surface area contributed by atoms with Crippen LogP contribution < -0.4 is 11.2 Å². The standard InChI is InChI=1S/C16H26N2S.C2H3N.CH4/c1-4-5-6-7-8-13-19-16-11-9-15(10-12-16)14(2)18-17-3;1-2-3;/h9-12,17H,4-8,13H2,1-3H3;1H,3H2;1H4/b18-14+;;. The highest BCUT2D eigenvalue weighted by Gasteiger charge is 1.98. The van der Waals surface area contributed by atoms with Gasteiger partial charge in [0, 0.05) is 11.9 Å². The van der Waals surface area contributed by atoms with Gasteiger partial charge in [-0.15, -0.1) is 11.8 Å². The number of unbranched alkanes of at least 4 members (excludes halogenated alkanes) is 4. The summed E-state index contributed by atoms with van der Waals surface area (Å²) < 4.78 is 0. The molecule has 0 aliphatic carbocycles. The van der Waals surface area contributed by atoms with Gasteiger partial charge in [-0.05, 0) is 42.8 Å². The molecule has 4 heteroatoms. The Balaban J connectivity index is 0. The number of nitrogens with one attached hydrogen (secondary N) is 1. The average Bonchev–Trinajstić information content (AvgIpc) is 2.52. The first kappa shape index (κ1) is 23.7. The summed E-state index contributed by atoms with van der Waals surface area (Å²) in [5, 5.41) is 4.19. The normalized spacial score (nSPS) is 9.91. The van der Waals surface area contributed by atoms with Crippen LogP contribution in [0.5, 0.6) is 0 Å². The van der Waals surface area contributed by atoms with Gasteiger partial charge in [0.1, 0.15) is 0 Å². The van der Waals surface area contributed by atoms with Crippen LogP contribution in [0.1, 0.15) is 58.9 Å². The molecule has 0 heterocycles. The monoisotopic (exact) mass is 335 g/mol. The van der Waals surface area contributed by atoms with E-state index in [1.54, 1.807) is 6.04 Å². The molecule has 0 atom stereocenters. The highest BCUT2D eigenvalue weighted by Crippen LogP contribution is 2.20. The summed E-state index contributed by atoms with van der Waals surface area (Å²) in [5.41, 5.74) is 9.41. The predicted octanol–water partition coefficient (Wildman–Crippen LogP) is 4.86. The van der Waals surface area contributed by atoms with Crippen LogP contribution in [0.3, 0.4) is 0 Å². The van der Waals surface area contributed by atoms with Gasteiger partial charge < -0.3 is 11.2 Å². The molecule has 130 valence electrons. The Morgan fingerprint density at radius 3 is 2.30 bits per heavy atom. The highest BCUT2D eigenvalue weighted by molar-refractivity contribution is 7.99. The van der Waals surface area contributed by atoms with Crippen LogP contribution in [0.25, 0.3) is 0 Å². The fourth-order valence-electron chi connectivity index (χ4n) is 1.92. The number of nitrogens with zero attached hydrogens (tertiary/aromatic N) is 1. The molecule has 23 heavy (non-hydrogen) atoms. The molecule has 0 aliphatic heterocycles. The van der Waals surface area contributed by atoms with Crippen LogP contribution >= 0.6 is 11.8 Å². The first-order valence-corrected chi connectivity index (χ1v) is 8.78. The molecule has 0 amide bonds. The fraction of sp³-hybridized carbons (Fsp3) is 0.526. The van der Waals surface area contributed by atoms with E-state index in [0.29, 0.717) is 0 Å². The lowest BCUT2D eigenvalue weighted by Gasteiger charge is -2.04. The Morgan fingerprint density at radius 1 is 1.22 bits per heavy atom. The predicted molar refractivity (Wildman–Crippen MR) is 107 cm³/mol. The summed E-state index contributed by atoms with van der Waals surface area (Å²) in [7, 11) is 1.83. The van der Waals surface area contributed by atoms with E-state index in [1.807, 2.05) is 25.7 Å². The molecule has 0 bridgehead atoms. The lowest BCUT2D eigenvalue weighted by molar-refractivity contribution is 0.659. The minimum atomic E-state index is 0. The van der Waals surface area contributed by atoms with Crippen LogP contribution in [0.4, 0.5) is 0 Å². The Labute approximate surface area is 147 Å². The molecular weight excluding hydrogens is 302 g/mol. The lowest BCUT2D eigenvalue weighted by Crippen LogP contribution is -2.02. The van der Waals surface area contributed by atoms with E-state index in [9.17, 15) is 0 Å². The highest BCUT2D eigenvalue weighted by atomic mass is 32.2. The zero-order valence-corrected chi connectivity index (χ0v) is 14.9. The maximum absolute atomic E-state index is 4.38. The van der Waals surface area contributed by atoms with Crippen molar-refractivity contribution in [2.24, 2.45) is 10.8 Å². The molecule has 0 fully saturated rings. The summed E-state index contributed by atoms with van der Waals surface area (Å²) in [6.45, 7) is 4.28. The van der Waals surface area contributed by atoms with E-state index >= 15 is 0 Å². The van der Waals surface area contributed by atoms with E-state index < -0.39 is 0 Å². The van der Waals surface area contributed by atoms with E-state index in [-0.39, 0.29) is 7.43 Å². The zero-order chi connectivity index (χ0) is 16.6. The van der Waals surface area contributed by atoms with Crippen molar-refractivity contribution in [3.05, 3.63) is 29.8 Å². The van der Waals surface area contributed by atoms with Gasteiger partial charge >= 0.3 is 0 Å². The molecule has 0 saturated heterocycles. The number of rotatable bonds is 9. The Kier molecular flexibility index (Phi) is 17.2. The average molecular weight is 336 g/mol. The van der Waals surface area contributed by atoms with Gasteiger partial charge in [-0.1, -0.05) is 58.6 Å². The first-order chi connectivity index (χ1) is 10.7. The van der Waals surface area contributed by atoms with Crippen LogP contribution in [0.15, 0.2) is 34.3 Å². The van der Waals surface area contributed by atoms with Gasteiger partial charge in [-0.2, -0.15) is 5.10 Å². The maximum atomic E-state index is 4.38. The van der Waals surface area contributed by atoms with Gasteiger partial charge in [0.2, 0.25) is 0 Å². The second kappa shape index (κ2) is 16.8. The number of hydrogen-bond donors (Lipinski definition) is 2. The maximum Gasteiger partial charge on any atom is 0.0644 e. The van der Waals surface area contributed by atoms with Gasteiger partial charge in [0.15, 0.2) is 0 Å². The molecule has 0 aromatic heterocycles. The van der Waals surface area contributed by atoms with Crippen LogP contribution in [0.2, 0.25) is 0 Å². The number of nitrogens with two attached hydrogens (primary N) is 1. The number of hydrogen-bond acceptors (Lipinski definition) is 4. The van der Waals surface area contributed by atoms with Crippen molar-refractivity contribution >= 4 is 17.5 Å². The molecule has 1 aromatic rings. The van der Waals surface area contributed by atoms with Gasteiger partial charge in [-0.3, -0.25) is 0 Å². The number of hydrazone groups is 1. The molecule has 3 nitrogen and oxygen atoms in total. The quantitative estimate of drug-likeness (QED) is 0.169. The Bertz CT molecular complexity index is 447. The molecule has 0 unspecified atom stereocenters. The summed E-state index contributed by atoms with van der Waals surface area (Å²) in [5.74, 6) is 1.23. The molecule has 0 spiro atoms. The number of thioether (sulfide) groups is 1. The summed E-state index contributed by atoms with van der Waals surface area (Å²) in [6, 6.07) is 10.4. The van der Waals surface area contributed by atoms with Crippen LogP contribution in [-0.2, 0) is 0 Å². The smallest absolute Gasteiger partial charge is 0.0644 e. The Morgan fingerprint density at radius 2 is 1.78 bits per heavy atom. The fourth-order valence-corrected chi connectivity index (χ4v) is 2.83. The third kappa shape index (κ3) is 12.6. The van der Waals surface area contributed by atoms with Crippen LogP contribution in [-0.4, -0.2) is 18.5 Å². The second-order valence-electron chi connectivity index (χ2n) is 4.87. The second-order valence-corrected chi connectivity index (χ2v) is 6.04. The van der Waals surface area contributed by atoms with Crippen molar-refractivity contribution in [3.8, 4) is 12.5 Å². The molecular formula is C19H33N3S. The summed E-state index contributed by atoms with van der Waals surface area (Å²) in [4.78, 5) is 1.36. The topological polar surface area (TPSA) is 50.4 Å². The number of benzene rings is 1.